The molecule has 0 aromatic rings. The molecule has 0 aliphatic heterocycles. The molecule has 1 unspecified atom stereocenters. The van der Waals surface area contributed by atoms with Crippen molar-refractivity contribution in [3.63, 3.8) is 0 Å². The lowest BCUT2D eigenvalue weighted by atomic mass is 10.5. The molecule has 0 radical (unpaired) electrons. The molecule has 12 heavy (non-hydrogen) atoms. The molecular weight excluding hydrogens is 196 g/mol. The van der Waals surface area contributed by atoms with Crippen LogP contribution in [-0.4, -0.2) is 38.8 Å². The van der Waals surface area contributed by atoms with Crippen LogP contribution < -0.4 is 0 Å². The molecule has 5 heteroatoms. The lowest BCUT2D eigenvalue weighted by Gasteiger charge is -1.98. The largest absolute Gasteiger partial charge is 0.481 e. The predicted octanol–water partition coefficient (Wildman–Crippen LogP) is 0.963. The molecule has 1 atom stereocenters. The zero-order chi connectivity index (χ0) is 9.40. The van der Waals surface area contributed by atoms with Gasteiger partial charge < -0.3 is 5.11 Å². The standard InChI is InChI=1S/C7H14O3S2/c1-11-4-2-5-12(10)6-3-7(8)9/h2-6H2,1H3,(H,8,9). The molecule has 0 aliphatic carbocycles. The van der Waals surface area contributed by atoms with Gasteiger partial charge >= 0.3 is 5.97 Å². The molecule has 1 N–H and O–H groups in total. The van der Waals surface area contributed by atoms with Crippen LogP contribution in [-0.2, 0) is 15.6 Å². The normalized spacial score (nSPS) is 12.8. The lowest BCUT2D eigenvalue weighted by Crippen LogP contribution is -2.08. The molecule has 0 rings (SSSR count). The van der Waals surface area contributed by atoms with E-state index in [1.807, 2.05) is 6.26 Å². The van der Waals surface area contributed by atoms with Crippen molar-refractivity contribution in [3.05, 3.63) is 0 Å². The Morgan fingerprint density at radius 3 is 2.67 bits per heavy atom. The summed E-state index contributed by atoms with van der Waals surface area (Å²) in [4.78, 5) is 10.1. The van der Waals surface area contributed by atoms with Crippen LogP contribution in [0.25, 0.3) is 0 Å². The fourth-order valence-electron chi connectivity index (χ4n) is 0.667. The third kappa shape index (κ3) is 8.07. The Bertz CT molecular complexity index is 159. The second-order valence-corrected chi connectivity index (χ2v) is 5.02. The van der Waals surface area contributed by atoms with E-state index in [0.29, 0.717) is 11.5 Å². The molecule has 72 valence electrons. The highest BCUT2D eigenvalue weighted by Crippen LogP contribution is 1.98. The molecule has 0 heterocycles. The van der Waals surface area contributed by atoms with Gasteiger partial charge in [-0.25, -0.2) is 0 Å². The predicted molar refractivity (Wildman–Crippen MR) is 53.1 cm³/mol. The van der Waals surface area contributed by atoms with Gasteiger partial charge in [-0.1, -0.05) is 0 Å². The third-order valence-electron chi connectivity index (χ3n) is 1.26. The lowest BCUT2D eigenvalue weighted by molar-refractivity contribution is -0.136. The van der Waals surface area contributed by atoms with Crippen molar-refractivity contribution < 1.29 is 14.1 Å². The third-order valence-corrected chi connectivity index (χ3v) is 3.36. The Hall–Kier alpha value is -0.0300. The minimum absolute atomic E-state index is 0.0197. The SMILES string of the molecule is CSCCCS(=O)CCC(=O)O. The summed E-state index contributed by atoms with van der Waals surface area (Å²) < 4.78 is 11.1. The first kappa shape index (κ1) is 12.0. The zero-order valence-electron chi connectivity index (χ0n) is 7.12. The van der Waals surface area contributed by atoms with Crippen molar-refractivity contribution in [1.82, 2.24) is 0 Å². The van der Waals surface area contributed by atoms with E-state index in [1.54, 1.807) is 11.8 Å². The summed E-state index contributed by atoms with van der Waals surface area (Å²) in [5, 5.41) is 8.30. The molecule has 0 bridgehead atoms. The maximum absolute atomic E-state index is 11.1. The Balaban J connectivity index is 3.28. The van der Waals surface area contributed by atoms with E-state index >= 15 is 0 Å². The van der Waals surface area contributed by atoms with E-state index in [1.165, 1.54) is 0 Å². The van der Waals surface area contributed by atoms with Gasteiger partial charge in [0.25, 0.3) is 0 Å². The molecule has 0 saturated heterocycles. The second kappa shape index (κ2) is 7.61. The highest BCUT2D eigenvalue weighted by Gasteiger charge is 2.02. The first-order chi connectivity index (χ1) is 5.66. The summed E-state index contributed by atoms with van der Waals surface area (Å²) in [6.45, 7) is 0. The quantitative estimate of drug-likeness (QED) is 0.636. The van der Waals surface area contributed by atoms with Gasteiger partial charge in [0.15, 0.2) is 0 Å². The number of rotatable bonds is 7. The van der Waals surface area contributed by atoms with Crippen LogP contribution in [0.5, 0.6) is 0 Å². The highest BCUT2D eigenvalue weighted by molar-refractivity contribution is 7.98. The van der Waals surface area contributed by atoms with Crippen molar-refractivity contribution in [2.45, 2.75) is 12.8 Å². The number of carbonyl (C=O) groups is 1. The van der Waals surface area contributed by atoms with Crippen LogP contribution >= 0.6 is 11.8 Å². The van der Waals surface area contributed by atoms with Gasteiger partial charge in [-0.2, -0.15) is 11.8 Å². The fourth-order valence-corrected chi connectivity index (χ4v) is 2.36. The summed E-state index contributed by atoms with van der Waals surface area (Å²) >= 11 is 1.72. The monoisotopic (exact) mass is 210 g/mol. The average Bonchev–Trinajstić information content (AvgIpc) is 2.01. The Kier molecular flexibility index (Phi) is 7.59. The van der Waals surface area contributed by atoms with Crippen LogP contribution in [0.3, 0.4) is 0 Å². The number of hydrogen-bond donors (Lipinski definition) is 1. The van der Waals surface area contributed by atoms with Crippen LogP contribution in [0.1, 0.15) is 12.8 Å². The summed E-state index contributed by atoms with van der Waals surface area (Å²) in [5.41, 5.74) is 0. The number of hydrogen-bond acceptors (Lipinski definition) is 3. The van der Waals surface area contributed by atoms with Gasteiger partial charge in [0.1, 0.15) is 0 Å². The Morgan fingerprint density at radius 2 is 2.17 bits per heavy atom. The Morgan fingerprint density at radius 1 is 1.50 bits per heavy atom. The van der Waals surface area contributed by atoms with Gasteiger partial charge in [-0.05, 0) is 18.4 Å². The molecular formula is C7H14O3S2. The van der Waals surface area contributed by atoms with Gasteiger partial charge in [-0.3, -0.25) is 9.00 Å². The van der Waals surface area contributed by atoms with Crippen molar-refractivity contribution in [3.8, 4) is 0 Å². The maximum atomic E-state index is 11.1. The fraction of sp³-hybridized carbons (Fsp3) is 0.857. The van der Waals surface area contributed by atoms with E-state index in [4.69, 9.17) is 5.11 Å². The van der Waals surface area contributed by atoms with Crippen LogP contribution in [0.4, 0.5) is 0 Å². The Labute approximate surface area is 79.4 Å². The number of carboxylic acid groups (broad SMARTS) is 1. The van der Waals surface area contributed by atoms with Crippen LogP contribution in [0, 0.1) is 0 Å². The zero-order valence-corrected chi connectivity index (χ0v) is 8.75. The molecule has 0 aromatic carbocycles. The first-order valence-electron chi connectivity index (χ1n) is 3.72. The minimum atomic E-state index is -0.936. The first-order valence-corrected chi connectivity index (χ1v) is 6.60. The van der Waals surface area contributed by atoms with E-state index in [9.17, 15) is 9.00 Å². The minimum Gasteiger partial charge on any atom is -0.481 e. The van der Waals surface area contributed by atoms with E-state index in [0.717, 1.165) is 12.2 Å². The van der Waals surface area contributed by atoms with E-state index in [-0.39, 0.29) is 6.42 Å². The molecule has 3 nitrogen and oxygen atoms in total. The van der Waals surface area contributed by atoms with E-state index in [2.05, 4.69) is 0 Å². The van der Waals surface area contributed by atoms with Gasteiger partial charge in [0.2, 0.25) is 0 Å². The number of carboxylic acids is 1. The molecule has 0 saturated carbocycles. The van der Waals surface area contributed by atoms with Gasteiger partial charge in [-0.15, -0.1) is 0 Å². The highest BCUT2D eigenvalue weighted by atomic mass is 32.2. The summed E-state index contributed by atoms with van der Waals surface area (Å²) in [7, 11) is -0.936. The average molecular weight is 210 g/mol. The smallest absolute Gasteiger partial charge is 0.304 e. The summed E-state index contributed by atoms with van der Waals surface area (Å²) in [5.74, 6) is 1.06. The number of thioether (sulfide) groups is 1. The van der Waals surface area contributed by atoms with Gasteiger partial charge in [0, 0.05) is 22.3 Å². The molecule has 0 fully saturated rings. The van der Waals surface area contributed by atoms with E-state index < -0.39 is 16.8 Å². The topological polar surface area (TPSA) is 54.4 Å². The number of aliphatic carboxylic acids is 1. The second-order valence-electron chi connectivity index (χ2n) is 2.34. The molecule has 0 amide bonds. The molecule has 0 aromatic heterocycles. The molecule has 0 aliphatic rings. The van der Waals surface area contributed by atoms with Crippen LogP contribution in [0.2, 0.25) is 0 Å². The van der Waals surface area contributed by atoms with Crippen LogP contribution in [0.15, 0.2) is 0 Å². The molecule has 0 spiro atoms. The summed E-state index contributed by atoms with van der Waals surface area (Å²) in [6.07, 6.45) is 2.93. The summed E-state index contributed by atoms with van der Waals surface area (Å²) in [6, 6.07) is 0. The van der Waals surface area contributed by atoms with Crippen molar-refractivity contribution in [1.29, 1.82) is 0 Å². The van der Waals surface area contributed by atoms with Gasteiger partial charge in [0.05, 0.1) is 6.42 Å². The van der Waals surface area contributed by atoms with Crippen molar-refractivity contribution in [2.75, 3.05) is 23.5 Å². The van der Waals surface area contributed by atoms with Crippen molar-refractivity contribution in [2.24, 2.45) is 0 Å². The van der Waals surface area contributed by atoms with Crippen molar-refractivity contribution >= 4 is 28.5 Å². The maximum Gasteiger partial charge on any atom is 0.304 e.